The molecule has 0 rings (SSSR count). The smallest absolute Gasteiger partial charge is 0.387 e. The van der Waals surface area contributed by atoms with E-state index in [0.717, 1.165) is 13.0 Å². The maximum absolute atomic E-state index is 5.41. The fourth-order valence-electron chi connectivity index (χ4n) is 1.38. The monoisotopic (exact) mass is 204 g/mol. The molecule has 4 heteroatoms. The number of rotatable bonds is 8. The van der Waals surface area contributed by atoms with Crippen molar-refractivity contribution >= 4 is 9.28 Å². The minimum atomic E-state index is -1.02. The molecule has 0 heterocycles. The fourth-order valence-corrected chi connectivity index (χ4v) is 2.79. The summed E-state index contributed by atoms with van der Waals surface area (Å²) in [4.78, 5) is 0. The highest BCUT2D eigenvalue weighted by Crippen LogP contribution is 2.18. The lowest BCUT2D eigenvalue weighted by atomic mass is 10.1. The van der Waals surface area contributed by atoms with Gasteiger partial charge in [0.2, 0.25) is 0 Å². The second-order valence-corrected chi connectivity index (χ2v) is 5.71. The van der Waals surface area contributed by atoms with Crippen LogP contribution < -0.4 is 5.73 Å². The molecular formula is C9H22NO2Si. The van der Waals surface area contributed by atoms with Crippen LogP contribution in [0.3, 0.4) is 0 Å². The normalized spacial score (nSPS) is 13.6. The predicted molar refractivity (Wildman–Crippen MR) is 56.7 cm³/mol. The molecule has 3 nitrogen and oxygen atoms in total. The van der Waals surface area contributed by atoms with Crippen molar-refractivity contribution in [2.75, 3.05) is 20.8 Å². The molecule has 0 aromatic rings. The first kappa shape index (κ1) is 13.1. The van der Waals surface area contributed by atoms with Crippen molar-refractivity contribution in [3.63, 3.8) is 0 Å². The maximum Gasteiger partial charge on any atom is 0.387 e. The van der Waals surface area contributed by atoms with Crippen molar-refractivity contribution in [3.05, 3.63) is 0 Å². The highest BCUT2D eigenvalue weighted by atomic mass is 28.3. The lowest BCUT2D eigenvalue weighted by molar-refractivity contribution is 0.264. The molecule has 2 N–H and O–H groups in total. The minimum Gasteiger partial charge on any atom is -0.397 e. The molecular weight excluding hydrogens is 182 g/mol. The van der Waals surface area contributed by atoms with Crippen LogP contribution in [0.25, 0.3) is 0 Å². The van der Waals surface area contributed by atoms with Crippen LogP contribution in [-0.2, 0) is 8.85 Å². The molecule has 0 spiro atoms. The summed E-state index contributed by atoms with van der Waals surface area (Å²) in [5, 5.41) is 0. The van der Waals surface area contributed by atoms with Crippen molar-refractivity contribution in [1.82, 2.24) is 0 Å². The molecule has 0 aromatic heterocycles. The molecule has 1 unspecified atom stereocenters. The molecule has 0 amide bonds. The summed E-state index contributed by atoms with van der Waals surface area (Å²) in [6.07, 6.45) is 4.79. The minimum absolute atomic E-state index is 0.567. The third kappa shape index (κ3) is 6.21. The van der Waals surface area contributed by atoms with Crippen molar-refractivity contribution in [3.8, 4) is 0 Å². The quantitative estimate of drug-likeness (QED) is 0.483. The predicted octanol–water partition coefficient (Wildman–Crippen LogP) is 1.68. The first-order valence-electron chi connectivity index (χ1n) is 4.91. The summed E-state index contributed by atoms with van der Waals surface area (Å²) >= 11 is 0. The van der Waals surface area contributed by atoms with Crippen LogP contribution in [0.15, 0.2) is 0 Å². The van der Waals surface area contributed by atoms with Gasteiger partial charge >= 0.3 is 9.28 Å². The Bertz CT molecular complexity index is 110. The summed E-state index contributed by atoms with van der Waals surface area (Å²) in [6.45, 7) is 3.00. The van der Waals surface area contributed by atoms with Gasteiger partial charge in [-0.05, 0) is 19.4 Å². The van der Waals surface area contributed by atoms with Gasteiger partial charge in [0.1, 0.15) is 0 Å². The summed E-state index contributed by atoms with van der Waals surface area (Å²) < 4.78 is 10.5. The van der Waals surface area contributed by atoms with Crippen LogP contribution in [0.1, 0.15) is 32.6 Å². The summed E-state index contributed by atoms with van der Waals surface area (Å²) in [5.41, 5.74) is 5.98. The SMILES string of the molecule is CO[Si](OC)C(C)CCCCCN. The van der Waals surface area contributed by atoms with E-state index in [1.165, 1.54) is 19.3 Å². The zero-order valence-electron chi connectivity index (χ0n) is 9.01. The number of hydrogen-bond acceptors (Lipinski definition) is 3. The highest BCUT2D eigenvalue weighted by Gasteiger charge is 2.20. The second-order valence-electron chi connectivity index (χ2n) is 3.27. The largest absolute Gasteiger partial charge is 0.397 e. The zero-order chi connectivity index (χ0) is 10.1. The van der Waals surface area contributed by atoms with Gasteiger partial charge in [0.15, 0.2) is 0 Å². The van der Waals surface area contributed by atoms with E-state index in [2.05, 4.69) is 6.92 Å². The molecule has 0 bridgehead atoms. The zero-order valence-corrected chi connectivity index (χ0v) is 10.0. The van der Waals surface area contributed by atoms with Gasteiger partial charge in [-0.1, -0.05) is 19.8 Å². The summed E-state index contributed by atoms with van der Waals surface area (Å²) in [6, 6.07) is 0. The molecule has 1 radical (unpaired) electrons. The molecule has 79 valence electrons. The van der Waals surface area contributed by atoms with Gasteiger partial charge in [0, 0.05) is 19.8 Å². The third-order valence-electron chi connectivity index (χ3n) is 2.15. The van der Waals surface area contributed by atoms with E-state index in [4.69, 9.17) is 14.6 Å². The summed E-state index contributed by atoms with van der Waals surface area (Å²) in [5.74, 6) is 0. The van der Waals surface area contributed by atoms with Crippen LogP contribution >= 0.6 is 0 Å². The van der Waals surface area contributed by atoms with Gasteiger partial charge in [0.05, 0.1) is 0 Å². The van der Waals surface area contributed by atoms with E-state index in [0.29, 0.717) is 5.54 Å². The molecule has 13 heavy (non-hydrogen) atoms. The number of hydrogen-bond donors (Lipinski definition) is 1. The Morgan fingerprint density at radius 3 is 2.23 bits per heavy atom. The Morgan fingerprint density at radius 2 is 1.77 bits per heavy atom. The fraction of sp³-hybridized carbons (Fsp3) is 1.00. The van der Waals surface area contributed by atoms with Crippen LogP contribution in [0, 0.1) is 0 Å². The number of unbranched alkanes of at least 4 members (excludes halogenated alkanes) is 2. The van der Waals surface area contributed by atoms with Gasteiger partial charge < -0.3 is 14.6 Å². The summed E-state index contributed by atoms with van der Waals surface area (Å²) in [7, 11) is 2.44. The van der Waals surface area contributed by atoms with E-state index in [-0.39, 0.29) is 0 Å². The lowest BCUT2D eigenvalue weighted by Crippen LogP contribution is -2.24. The standard InChI is InChI=1S/C9H22NO2Si/c1-9(13(11-2)12-3)7-5-4-6-8-10/h9H,4-8,10H2,1-3H3. The van der Waals surface area contributed by atoms with Crippen LogP contribution in [-0.4, -0.2) is 30.0 Å². The van der Waals surface area contributed by atoms with E-state index >= 15 is 0 Å². The van der Waals surface area contributed by atoms with E-state index in [1.54, 1.807) is 14.2 Å². The molecule has 0 aliphatic rings. The van der Waals surface area contributed by atoms with Crippen molar-refractivity contribution in [1.29, 1.82) is 0 Å². The Hall–Kier alpha value is 0.0969. The molecule has 0 saturated heterocycles. The molecule has 1 atom stereocenters. The Labute approximate surface area is 83.5 Å². The molecule has 0 aromatic carbocycles. The second kappa shape index (κ2) is 8.68. The van der Waals surface area contributed by atoms with Gasteiger partial charge in [-0.15, -0.1) is 0 Å². The van der Waals surface area contributed by atoms with E-state index in [1.807, 2.05) is 0 Å². The lowest BCUT2D eigenvalue weighted by Gasteiger charge is -2.16. The highest BCUT2D eigenvalue weighted by molar-refractivity contribution is 6.46. The van der Waals surface area contributed by atoms with E-state index in [9.17, 15) is 0 Å². The van der Waals surface area contributed by atoms with Crippen molar-refractivity contribution < 1.29 is 8.85 Å². The third-order valence-corrected chi connectivity index (χ3v) is 4.04. The molecule has 0 fully saturated rings. The first-order valence-corrected chi connectivity index (χ1v) is 6.30. The van der Waals surface area contributed by atoms with Crippen LogP contribution in [0.4, 0.5) is 0 Å². The Morgan fingerprint density at radius 1 is 1.15 bits per heavy atom. The van der Waals surface area contributed by atoms with Crippen LogP contribution in [0.5, 0.6) is 0 Å². The van der Waals surface area contributed by atoms with Gasteiger partial charge in [-0.25, -0.2) is 0 Å². The van der Waals surface area contributed by atoms with Crippen LogP contribution in [0.2, 0.25) is 5.54 Å². The molecule has 0 aliphatic heterocycles. The Balaban J connectivity index is 3.42. The van der Waals surface area contributed by atoms with E-state index < -0.39 is 9.28 Å². The average Bonchev–Trinajstić information content (AvgIpc) is 2.14. The van der Waals surface area contributed by atoms with Gasteiger partial charge in [-0.3, -0.25) is 0 Å². The number of nitrogens with two attached hydrogens (primary N) is 1. The molecule has 0 aliphatic carbocycles. The van der Waals surface area contributed by atoms with Crippen molar-refractivity contribution in [2.24, 2.45) is 5.73 Å². The van der Waals surface area contributed by atoms with Gasteiger partial charge in [-0.2, -0.15) is 0 Å². The van der Waals surface area contributed by atoms with Gasteiger partial charge in [0.25, 0.3) is 0 Å². The maximum atomic E-state index is 5.41. The average molecular weight is 204 g/mol. The first-order chi connectivity index (χ1) is 6.26. The topological polar surface area (TPSA) is 44.5 Å². The Kier molecular flexibility index (Phi) is 8.75. The molecule has 0 saturated carbocycles. The van der Waals surface area contributed by atoms with Crippen molar-refractivity contribution in [2.45, 2.75) is 38.1 Å².